The molecule has 0 bridgehead atoms. The number of fused-ring (bicyclic) bond motifs is 3. The summed E-state index contributed by atoms with van der Waals surface area (Å²) >= 11 is 0. The number of amides is 1. The summed E-state index contributed by atoms with van der Waals surface area (Å²) < 4.78 is 7.95. The highest BCUT2D eigenvalue weighted by Crippen LogP contribution is 2.35. The number of pyridine rings is 1. The molecule has 0 aliphatic heterocycles. The second-order valence-corrected chi connectivity index (χ2v) is 9.55. The van der Waals surface area contributed by atoms with E-state index in [0.717, 1.165) is 54.2 Å². The molecule has 1 fully saturated rings. The molecule has 0 radical (unpaired) electrons. The number of nitrogens with zero attached hydrogens (tertiary/aromatic N) is 3. The molecule has 3 atom stereocenters. The van der Waals surface area contributed by atoms with Crippen molar-refractivity contribution in [3.05, 3.63) is 30.6 Å². The van der Waals surface area contributed by atoms with E-state index in [9.17, 15) is 4.79 Å². The Balaban J connectivity index is 1.29. The van der Waals surface area contributed by atoms with E-state index in [1.165, 1.54) is 6.42 Å². The van der Waals surface area contributed by atoms with Gasteiger partial charge in [0.2, 0.25) is 0 Å². The molecule has 3 aromatic rings. The third kappa shape index (κ3) is 4.81. The van der Waals surface area contributed by atoms with E-state index in [2.05, 4.69) is 46.7 Å². The number of aromatic nitrogens is 3. The van der Waals surface area contributed by atoms with E-state index in [1.807, 2.05) is 24.5 Å². The van der Waals surface area contributed by atoms with Crippen molar-refractivity contribution in [1.29, 1.82) is 0 Å². The highest BCUT2D eigenvalue weighted by Gasteiger charge is 2.33. The van der Waals surface area contributed by atoms with Crippen LogP contribution in [0.1, 0.15) is 52.9 Å². The van der Waals surface area contributed by atoms with E-state index < -0.39 is 0 Å². The van der Waals surface area contributed by atoms with E-state index in [4.69, 9.17) is 10.5 Å². The van der Waals surface area contributed by atoms with Crippen LogP contribution in [0.25, 0.3) is 21.9 Å². The van der Waals surface area contributed by atoms with Crippen molar-refractivity contribution in [3.63, 3.8) is 0 Å². The number of benzene rings is 1. The molecule has 172 valence electrons. The lowest BCUT2D eigenvalue weighted by molar-refractivity contribution is 0.00622. The third-order valence-corrected chi connectivity index (χ3v) is 6.80. The maximum absolute atomic E-state index is 12.4. The first-order valence-electron chi connectivity index (χ1n) is 11.9. The van der Waals surface area contributed by atoms with Crippen LogP contribution in [0.15, 0.2) is 30.6 Å². The fourth-order valence-electron chi connectivity index (χ4n) is 5.00. The molecular weight excluding hydrogens is 402 g/mol. The Morgan fingerprint density at radius 1 is 1.28 bits per heavy atom. The highest BCUT2D eigenvalue weighted by molar-refractivity contribution is 6.06. The Bertz CT molecular complexity index is 1080. The van der Waals surface area contributed by atoms with Gasteiger partial charge in [0.25, 0.3) is 0 Å². The van der Waals surface area contributed by atoms with Crippen molar-refractivity contribution in [2.75, 3.05) is 12.3 Å². The molecule has 1 aliphatic carbocycles. The van der Waals surface area contributed by atoms with Crippen molar-refractivity contribution in [2.24, 2.45) is 17.8 Å². The number of nitrogen functional groups attached to an aromatic ring is 1. The number of carbonyl (C=O) groups is 1. The smallest absolute Gasteiger partial charge is 0.407 e. The number of carbonyl (C=O) groups excluding carboxylic acids is 1. The largest absolute Gasteiger partial charge is 0.446 e. The molecular formula is C25H35N5O2. The van der Waals surface area contributed by atoms with Crippen LogP contribution in [-0.4, -0.2) is 33.3 Å². The van der Waals surface area contributed by atoms with E-state index in [0.29, 0.717) is 30.1 Å². The summed E-state index contributed by atoms with van der Waals surface area (Å²) in [5.41, 5.74) is 8.75. The lowest BCUT2D eigenvalue weighted by atomic mass is 9.75. The number of ether oxygens (including phenoxy) is 1. The minimum Gasteiger partial charge on any atom is -0.446 e. The van der Waals surface area contributed by atoms with Crippen molar-refractivity contribution in [1.82, 2.24) is 19.9 Å². The first kappa shape index (κ1) is 22.4. The topological polar surface area (TPSA) is 95.1 Å². The Kier molecular flexibility index (Phi) is 6.82. The first-order chi connectivity index (χ1) is 15.4. The second kappa shape index (κ2) is 9.76. The fraction of sp³-hybridized carbons (Fsp3) is 0.560. The predicted octanol–water partition coefficient (Wildman–Crippen LogP) is 5.13. The number of anilines is 1. The van der Waals surface area contributed by atoms with Gasteiger partial charge in [0.05, 0.1) is 17.4 Å². The zero-order chi connectivity index (χ0) is 22.7. The molecule has 1 saturated carbocycles. The summed E-state index contributed by atoms with van der Waals surface area (Å²) in [5.74, 6) is 2.07. The summed E-state index contributed by atoms with van der Waals surface area (Å²) in [7, 11) is 0. The molecule has 7 heteroatoms. The number of imidazole rings is 1. The zero-order valence-electron chi connectivity index (χ0n) is 19.4. The average Bonchev–Trinajstić information content (AvgIpc) is 3.18. The van der Waals surface area contributed by atoms with Crippen molar-refractivity contribution in [2.45, 2.75) is 65.5 Å². The lowest BCUT2D eigenvalue weighted by Crippen LogP contribution is -2.39. The summed E-state index contributed by atoms with van der Waals surface area (Å²) in [6.07, 6.45) is 6.69. The molecule has 0 spiro atoms. The van der Waals surface area contributed by atoms with Gasteiger partial charge in [-0.05, 0) is 49.5 Å². The van der Waals surface area contributed by atoms with Gasteiger partial charge in [-0.2, -0.15) is 0 Å². The van der Waals surface area contributed by atoms with Gasteiger partial charge in [0, 0.05) is 18.5 Å². The third-order valence-electron chi connectivity index (χ3n) is 6.80. The van der Waals surface area contributed by atoms with Gasteiger partial charge in [-0.25, -0.2) is 14.8 Å². The van der Waals surface area contributed by atoms with Crippen LogP contribution in [0.2, 0.25) is 0 Å². The molecule has 1 aromatic carbocycles. The van der Waals surface area contributed by atoms with Crippen molar-refractivity contribution in [3.8, 4) is 0 Å². The predicted molar refractivity (Wildman–Crippen MR) is 128 cm³/mol. The second-order valence-electron chi connectivity index (χ2n) is 9.55. The monoisotopic (exact) mass is 437 g/mol. The van der Waals surface area contributed by atoms with E-state index in [-0.39, 0.29) is 12.2 Å². The summed E-state index contributed by atoms with van der Waals surface area (Å²) in [6.45, 7) is 8.10. The number of unbranched alkanes of at least 4 members (excludes halogenated alkanes) is 1. The molecule has 0 saturated heterocycles. The maximum Gasteiger partial charge on any atom is 0.407 e. The Morgan fingerprint density at radius 2 is 2.09 bits per heavy atom. The van der Waals surface area contributed by atoms with Crippen LogP contribution < -0.4 is 11.1 Å². The standard InChI is InChI=1S/C25H35N5O2/c1-16(2)18-11-10-17(3)14-21(18)32-25(31)27-12-6-7-13-30-15-28-22-23(30)19-8-4-5-9-20(19)29-24(22)26/h4-5,8-9,15-18,21H,6-7,10-14H2,1-3H3,(H2,26,29)(H,27,31)/t17-,18+,21?/m1/s1. The Labute approximate surface area is 189 Å². The minimum absolute atomic E-state index is 0.0309. The van der Waals surface area contributed by atoms with Crippen LogP contribution in [0.4, 0.5) is 10.6 Å². The number of nitrogens with one attached hydrogen (secondary N) is 1. The average molecular weight is 438 g/mol. The van der Waals surface area contributed by atoms with Crippen LogP contribution in [0.3, 0.4) is 0 Å². The van der Waals surface area contributed by atoms with Crippen LogP contribution in [0.5, 0.6) is 0 Å². The van der Waals surface area contributed by atoms with E-state index >= 15 is 0 Å². The Morgan fingerprint density at radius 3 is 2.91 bits per heavy atom. The number of alkyl carbamates (subject to hydrolysis) is 1. The molecule has 7 nitrogen and oxygen atoms in total. The number of aryl methyl sites for hydroxylation is 1. The molecule has 3 N–H and O–H groups in total. The number of hydrogen-bond donors (Lipinski definition) is 2. The minimum atomic E-state index is -0.285. The normalized spacial score (nSPS) is 21.3. The zero-order valence-corrected chi connectivity index (χ0v) is 19.4. The molecule has 1 aliphatic rings. The molecule has 2 heterocycles. The van der Waals surface area contributed by atoms with E-state index in [1.54, 1.807) is 0 Å². The van der Waals surface area contributed by atoms with Gasteiger partial charge in [-0.15, -0.1) is 0 Å². The van der Waals surface area contributed by atoms with Crippen LogP contribution in [0, 0.1) is 17.8 Å². The van der Waals surface area contributed by atoms with Gasteiger partial charge >= 0.3 is 6.09 Å². The molecule has 1 unspecified atom stereocenters. The van der Waals surface area contributed by atoms with Crippen LogP contribution >= 0.6 is 0 Å². The van der Waals surface area contributed by atoms with Crippen molar-refractivity contribution >= 4 is 33.8 Å². The molecule has 2 aromatic heterocycles. The van der Waals surface area contributed by atoms with Gasteiger partial charge in [0.15, 0.2) is 5.82 Å². The maximum atomic E-state index is 12.4. The summed E-state index contributed by atoms with van der Waals surface area (Å²) in [5, 5.41) is 4.00. The van der Waals surface area contributed by atoms with Crippen molar-refractivity contribution < 1.29 is 9.53 Å². The van der Waals surface area contributed by atoms with Crippen LogP contribution in [-0.2, 0) is 11.3 Å². The van der Waals surface area contributed by atoms with Gasteiger partial charge < -0.3 is 20.4 Å². The number of hydrogen-bond acceptors (Lipinski definition) is 5. The molecule has 32 heavy (non-hydrogen) atoms. The number of para-hydroxylation sites is 1. The van der Waals surface area contributed by atoms with Gasteiger partial charge in [-0.1, -0.05) is 45.4 Å². The highest BCUT2D eigenvalue weighted by atomic mass is 16.6. The fourth-order valence-corrected chi connectivity index (χ4v) is 5.00. The number of rotatable bonds is 7. The summed E-state index contributed by atoms with van der Waals surface area (Å²) in [4.78, 5) is 21.3. The van der Waals surface area contributed by atoms with Gasteiger partial charge in [-0.3, -0.25) is 0 Å². The van der Waals surface area contributed by atoms with Gasteiger partial charge in [0.1, 0.15) is 11.6 Å². The first-order valence-corrected chi connectivity index (χ1v) is 11.9. The molecule has 4 rings (SSSR count). The summed E-state index contributed by atoms with van der Waals surface area (Å²) in [6, 6.07) is 7.98. The number of nitrogens with two attached hydrogens (primary N) is 1. The quantitative estimate of drug-likeness (QED) is 0.499. The SMILES string of the molecule is CC(C)[C@@H]1CC[C@@H](C)CC1OC(=O)NCCCCn1cnc2c(N)nc3ccccc3c21. The molecule has 1 amide bonds. The lowest BCUT2D eigenvalue weighted by Gasteiger charge is -2.36. The Hall–Kier alpha value is -2.83.